The van der Waals surface area contributed by atoms with Gasteiger partial charge in [-0.15, -0.1) is 11.8 Å². The Kier molecular flexibility index (Phi) is 2.77. The van der Waals surface area contributed by atoms with Crippen LogP contribution >= 0.6 is 11.8 Å². The van der Waals surface area contributed by atoms with Crippen molar-refractivity contribution in [2.45, 2.75) is 0 Å². The number of hydrogen-bond acceptors (Lipinski definition) is 3. The number of thioether (sulfide) groups is 1. The van der Waals surface area contributed by atoms with Crippen LogP contribution in [0.5, 0.6) is 0 Å². The van der Waals surface area contributed by atoms with Crippen molar-refractivity contribution in [2.24, 2.45) is 0 Å². The van der Waals surface area contributed by atoms with Gasteiger partial charge >= 0.3 is 0 Å². The first-order valence-corrected chi connectivity index (χ1v) is 5.32. The van der Waals surface area contributed by atoms with E-state index in [9.17, 15) is 0 Å². The highest BCUT2D eigenvalue weighted by Crippen LogP contribution is 2.17. The van der Waals surface area contributed by atoms with Crippen LogP contribution in [-0.2, 0) is 0 Å². The first-order valence-electron chi connectivity index (χ1n) is 4.33. The van der Waals surface area contributed by atoms with Gasteiger partial charge in [-0.3, -0.25) is 0 Å². The molecule has 1 aliphatic rings. The highest BCUT2D eigenvalue weighted by atomic mass is 32.2. The second kappa shape index (κ2) is 4.23. The maximum absolute atomic E-state index is 3.29. The zero-order chi connectivity index (χ0) is 8.93. The van der Waals surface area contributed by atoms with E-state index in [1.165, 1.54) is 10.8 Å². The number of hydrogen-bond donors (Lipinski definition) is 2. The van der Waals surface area contributed by atoms with Gasteiger partial charge in [0.05, 0.1) is 5.03 Å². The summed E-state index contributed by atoms with van der Waals surface area (Å²) >= 11 is 1.85. The molecule has 0 saturated carbocycles. The molecule has 13 heavy (non-hydrogen) atoms. The van der Waals surface area contributed by atoms with Crippen molar-refractivity contribution >= 4 is 17.4 Å². The molecule has 1 saturated heterocycles. The Labute approximate surface area is 82.4 Å². The van der Waals surface area contributed by atoms with Crippen molar-refractivity contribution in [2.75, 3.05) is 17.6 Å². The van der Waals surface area contributed by atoms with Gasteiger partial charge in [0.1, 0.15) is 0 Å². The summed E-state index contributed by atoms with van der Waals surface area (Å²) in [6, 6.07) is 10.2. The second-order valence-corrected chi connectivity index (χ2v) is 3.93. The lowest BCUT2D eigenvalue weighted by Gasteiger charge is -2.01. The van der Waals surface area contributed by atoms with Crippen LogP contribution in [0.3, 0.4) is 0 Å². The number of benzene rings is 1. The third-order valence-corrected chi connectivity index (χ3v) is 2.78. The zero-order valence-corrected chi connectivity index (χ0v) is 8.10. The Balaban J connectivity index is 1.95. The Morgan fingerprint density at radius 3 is 2.85 bits per heavy atom. The van der Waals surface area contributed by atoms with E-state index in [1.807, 2.05) is 36.2 Å². The van der Waals surface area contributed by atoms with Crippen molar-refractivity contribution in [3.05, 3.63) is 41.6 Å². The fourth-order valence-electron chi connectivity index (χ4n) is 1.16. The van der Waals surface area contributed by atoms with Crippen LogP contribution in [0, 0.1) is 0 Å². The largest absolute Gasteiger partial charge is 0.378 e. The van der Waals surface area contributed by atoms with Gasteiger partial charge in [-0.05, 0) is 12.1 Å². The predicted molar refractivity (Wildman–Crippen MR) is 58.6 cm³/mol. The number of rotatable bonds is 2. The molecule has 0 aromatic heterocycles. The summed E-state index contributed by atoms with van der Waals surface area (Å²) in [6.07, 6.45) is 2.02. The van der Waals surface area contributed by atoms with Gasteiger partial charge in [-0.1, -0.05) is 18.2 Å². The topological polar surface area (TPSA) is 24.1 Å². The third-order valence-electron chi connectivity index (χ3n) is 1.80. The number of anilines is 1. The van der Waals surface area contributed by atoms with Crippen LogP contribution < -0.4 is 10.6 Å². The first-order chi connectivity index (χ1) is 6.45. The van der Waals surface area contributed by atoms with Gasteiger partial charge in [0.15, 0.2) is 0 Å². The minimum absolute atomic E-state index is 1.08. The van der Waals surface area contributed by atoms with Gasteiger partial charge in [0.25, 0.3) is 0 Å². The molecule has 0 spiro atoms. The molecular formula is C10H12N2S. The summed E-state index contributed by atoms with van der Waals surface area (Å²) in [4.78, 5) is 0. The molecule has 2 rings (SSSR count). The maximum Gasteiger partial charge on any atom is 0.0845 e. The summed E-state index contributed by atoms with van der Waals surface area (Å²) < 4.78 is 0. The Morgan fingerprint density at radius 1 is 1.31 bits per heavy atom. The van der Waals surface area contributed by atoms with Crippen LogP contribution in [0.25, 0.3) is 0 Å². The molecular weight excluding hydrogens is 180 g/mol. The van der Waals surface area contributed by atoms with Crippen LogP contribution in [0.4, 0.5) is 5.69 Å². The molecule has 2 N–H and O–H groups in total. The molecule has 1 fully saturated rings. The summed E-state index contributed by atoms with van der Waals surface area (Å²) in [5, 5.41) is 7.76. The lowest BCUT2D eigenvalue weighted by Crippen LogP contribution is -2.05. The monoisotopic (exact) mass is 192 g/mol. The van der Waals surface area contributed by atoms with Gasteiger partial charge in [0, 0.05) is 24.2 Å². The summed E-state index contributed by atoms with van der Waals surface area (Å²) in [5.41, 5.74) is 1.13. The molecule has 1 aromatic carbocycles. The van der Waals surface area contributed by atoms with Crippen LogP contribution in [0.1, 0.15) is 0 Å². The summed E-state index contributed by atoms with van der Waals surface area (Å²) in [7, 11) is 0. The van der Waals surface area contributed by atoms with Gasteiger partial charge in [0.2, 0.25) is 0 Å². The van der Waals surface area contributed by atoms with Crippen LogP contribution in [-0.4, -0.2) is 12.3 Å². The minimum Gasteiger partial charge on any atom is -0.378 e. The molecule has 0 unspecified atom stereocenters. The second-order valence-electron chi connectivity index (χ2n) is 2.79. The quantitative estimate of drug-likeness (QED) is 0.751. The van der Waals surface area contributed by atoms with Crippen molar-refractivity contribution < 1.29 is 0 Å². The molecule has 3 heteroatoms. The van der Waals surface area contributed by atoms with Crippen molar-refractivity contribution in [1.82, 2.24) is 5.32 Å². The van der Waals surface area contributed by atoms with E-state index in [2.05, 4.69) is 22.8 Å². The van der Waals surface area contributed by atoms with Crippen molar-refractivity contribution in [1.29, 1.82) is 0 Å². The highest BCUT2D eigenvalue weighted by molar-refractivity contribution is 8.03. The molecule has 0 bridgehead atoms. The van der Waals surface area contributed by atoms with E-state index in [-0.39, 0.29) is 0 Å². The normalized spacial score (nSPS) is 18.6. The van der Waals surface area contributed by atoms with E-state index < -0.39 is 0 Å². The molecule has 0 atom stereocenters. The minimum atomic E-state index is 1.08. The average molecular weight is 192 g/mol. The highest BCUT2D eigenvalue weighted by Gasteiger charge is 2.04. The van der Waals surface area contributed by atoms with E-state index in [0.717, 1.165) is 12.2 Å². The van der Waals surface area contributed by atoms with Crippen LogP contribution in [0.2, 0.25) is 0 Å². The van der Waals surface area contributed by atoms with E-state index in [4.69, 9.17) is 0 Å². The first kappa shape index (κ1) is 8.51. The molecule has 0 aliphatic carbocycles. The summed E-state index contributed by atoms with van der Waals surface area (Å²) in [5.74, 6) is 1.17. The molecule has 0 radical (unpaired) electrons. The van der Waals surface area contributed by atoms with Gasteiger partial charge < -0.3 is 10.6 Å². The third kappa shape index (κ3) is 2.42. The van der Waals surface area contributed by atoms with Crippen molar-refractivity contribution in [3.8, 4) is 0 Å². The smallest absolute Gasteiger partial charge is 0.0845 e. The molecule has 1 aromatic rings. The van der Waals surface area contributed by atoms with Crippen LogP contribution in [0.15, 0.2) is 41.6 Å². The predicted octanol–water partition coefficient (Wildman–Crippen LogP) is 2.23. The lowest BCUT2D eigenvalue weighted by atomic mass is 10.3. The Bertz CT molecular complexity index is 287. The fraction of sp³-hybridized carbons (Fsp3) is 0.200. The fourth-order valence-corrected chi connectivity index (χ4v) is 1.93. The Morgan fingerprint density at radius 2 is 2.15 bits per heavy atom. The molecule has 2 nitrogen and oxygen atoms in total. The Hall–Kier alpha value is -1.09. The molecule has 68 valence electrons. The zero-order valence-electron chi connectivity index (χ0n) is 7.29. The molecule has 0 amide bonds. The lowest BCUT2D eigenvalue weighted by molar-refractivity contribution is 0.945. The van der Waals surface area contributed by atoms with Crippen molar-refractivity contribution in [3.63, 3.8) is 0 Å². The van der Waals surface area contributed by atoms with E-state index in [1.54, 1.807) is 0 Å². The number of para-hydroxylation sites is 1. The van der Waals surface area contributed by atoms with E-state index >= 15 is 0 Å². The SMILES string of the molecule is C(/Nc1ccccc1)=C1\NCCS1. The molecule has 1 aliphatic heterocycles. The van der Waals surface area contributed by atoms with Gasteiger partial charge in [-0.2, -0.15) is 0 Å². The maximum atomic E-state index is 3.29. The summed E-state index contributed by atoms with van der Waals surface area (Å²) in [6.45, 7) is 1.08. The average Bonchev–Trinajstić information content (AvgIpc) is 2.69. The standard InChI is InChI=1S/C10H12N2S/c1-2-4-9(5-3-1)12-8-10-11-6-7-13-10/h1-5,8,11-12H,6-7H2/b10-8-. The molecule has 1 heterocycles. The van der Waals surface area contributed by atoms with E-state index in [0.29, 0.717) is 0 Å². The number of nitrogens with one attached hydrogen (secondary N) is 2. The van der Waals surface area contributed by atoms with Gasteiger partial charge in [-0.25, -0.2) is 0 Å².